The summed E-state index contributed by atoms with van der Waals surface area (Å²) in [5, 5.41) is 3.34. The second-order valence-corrected chi connectivity index (χ2v) is 2.43. The Bertz CT molecular complexity index is 385. The van der Waals surface area contributed by atoms with E-state index < -0.39 is 0 Å². The first-order valence-electron chi connectivity index (χ1n) is 3.81. The van der Waals surface area contributed by atoms with Gasteiger partial charge in [0.1, 0.15) is 11.4 Å². The molecule has 0 N–H and O–H groups in total. The van der Waals surface area contributed by atoms with Crippen LogP contribution in [0.3, 0.4) is 0 Å². The molecule has 0 saturated carbocycles. The van der Waals surface area contributed by atoms with E-state index in [-0.39, 0.29) is 12.2 Å². The van der Waals surface area contributed by atoms with Crippen molar-refractivity contribution in [2.75, 3.05) is 7.11 Å². The molecule has 0 aliphatic carbocycles. The third-order valence-electron chi connectivity index (χ3n) is 1.52. The molecule has 14 heavy (non-hydrogen) atoms. The minimum Gasteiger partial charge on any atom is -0.497 e. The molecule has 1 aromatic heterocycles. The Morgan fingerprint density at radius 3 is 3.07 bits per heavy atom. The zero-order chi connectivity index (χ0) is 10.4. The number of nitrogens with zero attached hydrogens (tertiary/aromatic N) is 4. The number of pyridine rings is 1. The van der Waals surface area contributed by atoms with Crippen LogP contribution in [-0.4, -0.2) is 18.4 Å². The zero-order valence-corrected chi connectivity index (χ0v) is 7.54. The van der Waals surface area contributed by atoms with E-state index in [0.29, 0.717) is 17.7 Å². The lowest BCUT2D eigenvalue weighted by Crippen LogP contribution is -1.95. The normalized spacial score (nSPS) is 8.93. The van der Waals surface area contributed by atoms with E-state index >= 15 is 0 Å². The summed E-state index contributed by atoms with van der Waals surface area (Å²) in [6, 6.07) is 3.12. The molecule has 1 heterocycles. The molecule has 1 aromatic rings. The first-order chi connectivity index (χ1) is 6.80. The second kappa shape index (κ2) is 4.84. The molecule has 0 aromatic carbocycles. The highest BCUT2D eigenvalue weighted by atomic mass is 16.5. The van der Waals surface area contributed by atoms with Crippen molar-refractivity contribution in [3.63, 3.8) is 0 Å². The maximum atomic E-state index is 10.5. The van der Waals surface area contributed by atoms with Crippen LogP contribution in [0.1, 0.15) is 16.2 Å². The van der Waals surface area contributed by atoms with Gasteiger partial charge in [0.05, 0.1) is 19.3 Å². The van der Waals surface area contributed by atoms with E-state index in [1.165, 1.54) is 13.2 Å². The number of carbonyl (C=O) groups excluding carboxylic acids is 1. The number of methoxy groups -OCH3 is 1. The van der Waals surface area contributed by atoms with Crippen LogP contribution in [0.2, 0.25) is 0 Å². The maximum absolute atomic E-state index is 10.5. The van der Waals surface area contributed by atoms with Gasteiger partial charge in [-0.05, 0) is 5.53 Å². The number of ether oxygens (including phenoxy) is 1. The lowest BCUT2D eigenvalue weighted by molar-refractivity contribution is 0.111. The number of aldehydes is 1. The zero-order valence-electron chi connectivity index (χ0n) is 7.54. The molecule has 0 saturated heterocycles. The number of hydrogen-bond acceptors (Lipinski definition) is 4. The molecule has 0 amide bonds. The van der Waals surface area contributed by atoms with Crippen LogP contribution in [-0.2, 0) is 6.54 Å². The van der Waals surface area contributed by atoms with E-state index in [0.717, 1.165) is 0 Å². The third-order valence-corrected chi connectivity index (χ3v) is 1.52. The SMILES string of the molecule is COc1cc(C=O)nc(CN=[N+]=[N-])c1. The molecule has 0 bridgehead atoms. The van der Waals surface area contributed by atoms with Crippen LogP contribution in [0.4, 0.5) is 0 Å². The van der Waals surface area contributed by atoms with Gasteiger partial charge in [-0.2, -0.15) is 0 Å². The average Bonchev–Trinajstić information content (AvgIpc) is 2.25. The van der Waals surface area contributed by atoms with E-state index in [1.807, 2.05) is 0 Å². The van der Waals surface area contributed by atoms with Crippen molar-refractivity contribution in [1.29, 1.82) is 0 Å². The molecule has 0 aliphatic rings. The van der Waals surface area contributed by atoms with Crippen molar-refractivity contribution in [3.8, 4) is 5.75 Å². The molecule has 0 unspecified atom stereocenters. The molecule has 6 heteroatoms. The third kappa shape index (κ3) is 2.46. The Morgan fingerprint density at radius 2 is 2.50 bits per heavy atom. The summed E-state index contributed by atoms with van der Waals surface area (Å²) in [7, 11) is 1.49. The number of rotatable bonds is 4. The van der Waals surface area contributed by atoms with Crippen molar-refractivity contribution in [2.45, 2.75) is 6.54 Å². The Labute approximate surface area is 80.2 Å². The van der Waals surface area contributed by atoms with Crippen LogP contribution in [0.5, 0.6) is 5.75 Å². The van der Waals surface area contributed by atoms with Crippen molar-refractivity contribution in [2.24, 2.45) is 5.11 Å². The fourth-order valence-corrected chi connectivity index (χ4v) is 0.945. The van der Waals surface area contributed by atoms with Crippen LogP contribution in [0.25, 0.3) is 10.4 Å². The monoisotopic (exact) mass is 192 g/mol. The van der Waals surface area contributed by atoms with Gasteiger partial charge in [0.15, 0.2) is 6.29 Å². The molecule has 0 atom stereocenters. The van der Waals surface area contributed by atoms with Gasteiger partial charge >= 0.3 is 0 Å². The highest BCUT2D eigenvalue weighted by Gasteiger charge is 2.01. The Kier molecular flexibility index (Phi) is 3.46. The van der Waals surface area contributed by atoms with Gasteiger partial charge in [-0.15, -0.1) is 0 Å². The first-order valence-corrected chi connectivity index (χ1v) is 3.81. The van der Waals surface area contributed by atoms with Gasteiger partial charge in [-0.1, -0.05) is 5.11 Å². The fraction of sp³-hybridized carbons (Fsp3) is 0.250. The summed E-state index contributed by atoms with van der Waals surface area (Å²) in [5.74, 6) is 0.519. The highest BCUT2D eigenvalue weighted by Crippen LogP contribution is 2.13. The first kappa shape index (κ1) is 10.0. The summed E-state index contributed by atoms with van der Waals surface area (Å²) in [6.45, 7) is 0.106. The van der Waals surface area contributed by atoms with Crippen molar-refractivity contribution in [3.05, 3.63) is 34.0 Å². The second-order valence-electron chi connectivity index (χ2n) is 2.43. The number of azide groups is 1. The quantitative estimate of drug-likeness (QED) is 0.315. The summed E-state index contributed by atoms with van der Waals surface area (Å²) < 4.78 is 4.94. The van der Waals surface area contributed by atoms with E-state index in [4.69, 9.17) is 10.3 Å². The molecule has 0 fully saturated rings. The number of carbonyl (C=O) groups is 1. The minimum atomic E-state index is 0.106. The summed E-state index contributed by atoms with van der Waals surface area (Å²) in [6.07, 6.45) is 0.613. The predicted molar refractivity (Wildman–Crippen MR) is 49.0 cm³/mol. The van der Waals surface area contributed by atoms with E-state index in [2.05, 4.69) is 15.0 Å². The largest absolute Gasteiger partial charge is 0.497 e. The molecule has 0 aliphatic heterocycles. The van der Waals surface area contributed by atoms with Crippen LogP contribution in [0.15, 0.2) is 17.2 Å². The van der Waals surface area contributed by atoms with Gasteiger partial charge < -0.3 is 4.74 Å². The van der Waals surface area contributed by atoms with Crippen molar-refractivity contribution < 1.29 is 9.53 Å². The molecule has 72 valence electrons. The number of hydrogen-bond donors (Lipinski definition) is 0. The molecule has 6 nitrogen and oxygen atoms in total. The van der Waals surface area contributed by atoms with Gasteiger partial charge in [0.2, 0.25) is 0 Å². The van der Waals surface area contributed by atoms with Crippen LogP contribution < -0.4 is 4.74 Å². The van der Waals surface area contributed by atoms with Gasteiger partial charge in [-0.3, -0.25) is 4.79 Å². The van der Waals surface area contributed by atoms with E-state index in [9.17, 15) is 4.79 Å². The Morgan fingerprint density at radius 1 is 1.71 bits per heavy atom. The Balaban J connectivity index is 3.03. The molecule has 0 spiro atoms. The topological polar surface area (TPSA) is 88.0 Å². The van der Waals surface area contributed by atoms with Crippen molar-refractivity contribution >= 4 is 6.29 Å². The minimum absolute atomic E-state index is 0.106. The lowest BCUT2D eigenvalue weighted by atomic mass is 10.3. The van der Waals surface area contributed by atoms with Gasteiger partial charge in [0.25, 0.3) is 0 Å². The van der Waals surface area contributed by atoms with Crippen LogP contribution in [0, 0.1) is 0 Å². The van der Waals surface area contributed by atoms with Gasteiger partial charge in [0, 0.05) is 17.0 Å². The maximum Gasteiger partial charge on any atom is 0.168 e. The van der Waals surface area contributed by atoms with Crippen molar-refractivity contribution in [1.82, 2.24) is 4.98 Å². The number of aromatic nitrogens is 1. The van der Waals surface area contributed by atoms with Gasteiger partial charge in [-0.25, -0.2) is 4.98 Å². The fourth-order valence-electron chi connectivity index (χ4n) is 0.945. The summed E-state index contributed by atoms with van der Waals surface area (Å²) >= 11 is 0. The average molecular weight is 192 g/mol. The summed E-state index contributed by atoms with van der Waals surface area (Å²) in [5.41, 5.74) is 8.87. The Hall–Kier alpha value is -2.07. The van der Waals surface area contributed by atoms with E-state index in [1.54, 1.807) is 6.07 Å². The lowest BCUT2D eigenvalue weighted by Gasteiger charge is -2.02. The molecule has 0 radical (unpaired) electrons. The summed E-state index contributed by atoms with van der Waals surface area (Å²) in [4.78, 5) is 17.0. The molecular weight excluding hydrogens is 184 g/mol. The molecular formula is C8H8N4O2. The van der Waals surface area contributed by atoms with Crippen LogP contribution >= 0.6 is 0 Å². The molecule has 1 rings (SSSR count). The predicted octanol–water partition coefficient (Wildman–Crippen LogP) is 1.71. The smallest absolute Gasteiger partial charge is 0.168 e. The highest BCUT2D eigenvalue weighted by molar-refractivity contribution is 5.72. The standard InChI is InChI=1S/C8H8N4O2/c1-14-8-2-6(4-10-12-9)11-7(3-8)5-13/h2-3,5H,4H2,1H3.